The number of nitrogen functional groups attached to an aromatic ring is 2. The van der Waals surface area contributed by atoms with E-state index in [1.54, 1.807) is 60.7 Å². The van der Waals surface area contributed by atoms with E-state index in [4.69, 9.17) is 18.0 Å². The van der Waals surface area contributed by atoms with Crippen LogP contribution < -0.4 is 131 Å². The quantitative estimate of drug-likeness (QED) is 0.0580. The molecule has 0 aliphatic heterocycles. The third-order valence-electron chi connectivity index (χ3n) is 10.9. The van der Waals surface area contributed by atoms with Gasteiger partial charge in [0.2, 0.25) is 0 Å². The summed E-state index contributed by atoms with van der Waals surface area (Å²) in [6.07, 6.45) is 0. The van der Waals surface area contributed by atoms with Crippen LogP contribution in [0.5, 0.6) is 6.01 Å². The van der Waals surface area contributed by atoms with Gasteiger partial charge in [-0.2, -0.15) is 40.0 Å². The van der Waals surface area contributed by atoms with Gasteiger partial charge in [0, 0.05) is 5.56 Å². The van der Waals surface area contributed by atoms with Crippen molar-refractivity contribution in [3.05, 3.63) is 148 Å². The van der Waals surface area contributed by atoms with Crippen LogP contribution in [0, 0.1) is 31.8 Å². The van der Waals surface area contributed by atoms with Crippen molar-refractivity contribution in [2.45, 2.75) is 13.8 Å². The van der Waals surface area contributed by atoms with Gasteiger partial charge in [-0.25, -0.2) is 24.2 Å². The van der Waals surface area contributed by atoms with Crippen molar-refractivity contribution in [2.75, 3.05) is 11.5 Å². The Balaban J connectivity index is 0.00000276. The van der Waals surface area contributed by atoms with Gasteiger partial charge in [-0.15, -0.1) is 20.5 Å². The summed E-state index contributed by atoms with van der Waals surface area (Å²) in [6.45, 7) is 11.0. The number of nitriles is 1. The van der Waals surface area contributed by atoms with E-state index in [1.807, 2.05) is 6.07 Å². The second-order valence-electron chi connectivity index (χ2n) is 15.6. The minimum absolute atomic E-state index is 0. The van der Waals surface area contributed by atoms with Gasteiger partial charge in [0.25, 0.3) is 17.6 Å². The molecule has 80 heavy (non-hydrogen) atoms. The zero-order valence-corrected chi connectivity index (χ0v) is 43.2. The Hall–Kier alpha value is -8.82. The summed E-state index contributed by atoms with van der Waals surface area (Å²) >= 11 is 0. The number of carbonyl (C=O) groups is 4. The molecule has 0 aliphatic carbocycles. The molecule has 0 fully saturated rings. The van der Waals surface area contributed by atoms with Gasteiger partial charge in [-0.3, -0.25) is 0 Å². The van der Waals surface area contributed by atoms with Gasteiger partial charge in [0.05, 0.1) is 59.2 Å². The molecule has 0 amide bonds. The first-order valence-corrected chi connectivity index (χ1v) is 21.2. The molecule has 9 rings (SSSR count). The molecule has 0 saturated carbocycles. The molecule has 0 unspecified atom stereocenters. The first-order chi connectivity index (χ1) is 36.0. The summed E-state index contributed by atoms with van der Waals surface area (Å²) < 4.78 is 3.83. The Morgan fingerprint density at radius 2 is 0.925 bits per heavy atom. The third kappa shape index (κ3) is 12.4. The van der Waals surface area contributed by atoms with E-state index in [0.717, 1.165) is 55.1 Å². The number of azo groups is 2. The van der Waals surface area contributed by atoms with E-state index >= 15 is 0 Å². The molecule has 33 heteroatoms. The molecule has 9 aromatic rings. The molecule has 0 saturated heterocycles. The molecule has 4 aromatic carbocycles. The average molecular weight is 1040 g/mol. The standard InChI is InChI=1S/C47H31N19O9.5Li/c1-21-32(55-57-39-31(20-48)34(23-10-6-4-7-11-23)61-63(39)29-16-25(41(67)68)14-26(17-29)42(69)70)37(49)65(59-21)45-52-46(54-47(75)53-45)66-38(50)33(22(2)60-66)56-58-40-36(51-3)35(24-12-8-5-9-13-24)62-64(40)30-18-27(43(71)72)15-28(19-30)44(73)74;;;;;/h4-19H,49-50H2,1-2H3,(H,67,68)(H,69,70)(H,71,72)(H,73,74)(H,52,53,54,75);;;;;/q;5*+1/p-5. The first-order valence-electron chi connectivity index (χ1n) is 21.2. The number of rotatable bonds is 14. The Labute approximate surface area is 510 Å². The Bertz CT molecular complexity index is 3720. The van der Waals surface area contributed by atoms with Crippen molar-refractivity contribution in [3.63, 3.8) is 0 Å². The minimum atomic E-state index is -1.72. The number of aromatic nitrogens is 11. The average Bonchev–Trinajstić information content (AvgIpc) is 4.16. The van der Waals surface area contributed by atoms with Crippen LogP contribution in [-0.4, -0.2) is 78.0 Å². The summed E-state index contributed by atoms with van der Waals surface area (Å²) in [7, 11) is 0. The molecule has 0 spiro atoms. The van der Waals surface area contributed by atoms with Crippen molar-refractivity contribution in [1.82, 2.24) is 54.1 Å². The van der Waals surface area contributed by atoms with Crippen molar-refractivity contribution in [1.29, 1.82) is 5.26 Å². The third-order valence-corrected chi connectivity index (χ3v) is 10.9. The van der Waals surface area contributed by atoms with E-state index in [2.05, 4.69) is 60.6 Å². The molecular formula is C47H26Li5N19O9. The predicted octanol–water partition coefficient (Wildman–Crippen LogP) is -13.5. The van der Waals surface area contributed by atoms with Crippen LogP contribution in [0.3, 0.4) is 0 Å². The van der Waals surface area contributed by atoms with Crippen LogP contribution in [0.4, 0.5) is 40.3 Å². The smallest absolute Gasteiger partial charge is 0.844 e. The summed E-state index contributed by atoms with van der Waals surface area (Å²) in [5.74, 6) is -9.02. The van der Waals surface area contributed by atoms with Gasteiger partial charge >= 0.3 is 94.3 Å². The molecular weight excluding hydrogens is 1010 g/mol. The van der Waals surface area contributed by atoms with Crippen LogP contribution in [0.2, 0.25) is 0 Å². The van der Waals surface area contributed by atoms with Crippen LogP contribution >= 0.6 is 0 Å². The number of hydrogen-bond donors (Lipinski definition) is 2. The monoisotopic (exact) mass is 1040 g/mol. The van der Waals surface area contributed by atoms with Crippen molar-refractivity contribution < 1.29 is 139 Å². The maximum Gasteiger partial charge on any atom is 1.00 e. The molecule has 5 aromatic heterocycles. The van der Waals surface area contributed by atoms with Crippen LogP contribution in [0.15, 0.2) is 118 Å². The van der Waals surface area contributed by atoms with Gasteiger partial charge in [-0.05, 0) is 78.1 Å². The normalized spacial score (nSPS) is 10.6. The van der Waals surface area contributed by atoms with Crippen LogP contribution in [0.25, 0.3) is 50.6 Å². The molecule has 0 atom stereocenters. The van der Waals surface area contributed by atoms with Gasteiger partial charge in [0.1, 0.15) is 23.0 Å². The van der Waals surface area contributed by atoms with Gasteiger partial charge in [-0.1, -0.05) is 60.7 Å². The van der Waals surface area contributed by atoms with Gasteiger partial charge < -0.3 is 56.2 Å². The second-order valence-corrected chi connectivity index (χ2v) is 15.6. The van der Waals surface area contributed by atoms with Crippen LogP contribution in [0.1, 0.15) is 58.4 Å². The Morgan fingerprint density at radius 1 is 0.550 bits per heavy atom. The first kappa shape index (κ1) is 63.7. The number of carboxylic acids is 4. The largest absolute Gasteiger partial charge is 1.00 e. The molecule has 4 N–H and O–H groups in total. The SMILES string of the molecule is [C-]#[N+]c1c(-c2ccccc2)nn(-c2cc(C(=O)[O-])cc(C(=O)[O-])c2)c1N=Nc1c(C)nn(-c2nc([O-])nc(-n3nc(C)c(N=Nc4c(C#N)c(-c5ccccc5)nn4-c4cc(C(=O)[O-])cc(C(=O)[O-])c4)c3N)n2)c1N.[Li+].[Li+].[Li+].[Li+].[Li+]. The summed E-state index contributed by atoms with van der Waals surface area (Å²) in [5, 5.41) is 106. The fourth-order valence-corrected chi connectivity index (χ4v) is 7.43. The fourth-order valence-electron chi connectivity index (χ4n) is 7.43. The van der Waals surface area contributed by atoms with Crippen LogP contribution in [-0.2, 0) is 0 Å². The number of aromatic carboxylic acids is 4. The van der Waals surface area contributed by atoms with Crippen molar-refractivity contribution in [2.24, 2.45) is 20.5 Å². The van der Waals surface area contributed by atoms with E-state index in [-0.39, 0.29) is 174 Å². The number of carbonyl (C=O) groups excluding carboxylic acids is 4. The predicted molar refractivity (Wildman–Crippen MR) is 246 cm³/mol. The summed E-state index contributed by atoms with van der Waals surface area (Å²) in [5.41, 5.74) is 11.0. The Kier molecular flexibility index (Phi) is 20.9. The van der Waals surface area contributed by atoms with Crippen molar-refractivity contribution in [3.8, 4) is 57.9 Å². The van der Waals surface area contributed by atoms with E-state index in [1.165, 1.54) is 13.8 Å². The maximum absolute atomic E-state index is 13.1. The second kappa shape index (κ2) is 26.2. The van der Waals surface area contributed by atoms with E-state index in [9.17, 15) is 50.0 Å². The van der Waals surface area contributed by atoms with Gasteiger partial charge in [0.15, 0.2) is 34.6 Å². The minimum Gasteiger partial charge on any atom is -0.844 e. The molecule has 5 heterocycles. The number of nitrogens with two attached hydrogens (primary N) is 2. The van der Waals surface area contributed by atoms with E-state index in [0.29, 0.717) is 11.1 Å². The number of benzene rings is 4. The number of hydrogen-bond acceptors (Lipinski definition) is 23. The molecule has 0 bridgehead atoms. The Morgan fingerprint density at radius 3 is 1.31 bits per heavy atom. The number of nitrogens with zero attached hydrogens (tertiary/aromatic N) is 17. The molecule has 0 aliphatic rings. The summed E-state index contributed by atoms with van der Waals surface area (Å²) in [6, 6.07) is 23.4. The number of anilines is 2. The van der Waals surface area contributed by atoms with E-state index < -0.39 is 64.0 Å². The molecule has 0 radical (unpaired) electrons. The molecule has 28 nitrogen and oxygen atoms in total. The fraction of sp³-hybridized carbons (Fsp3) is 0.0426. The zero-order valence-electron chi connectivity index (χ0n) is 43.2. The zero-order chi connectivity index (χ0) is 53.4. The van der Waals surface area contributed by atoms with Crippen molar-refractivity contribution >= 4 is 64.2 Å². The number of aryl methyl sites for hydroxylation is 2. The summed E-state index contributed by atoms with van der Waals surface area (Å²) in [4.78, 5) is 63.3. The number of carboxylic acid groups (broad SMARTS) is 4. The molecule has 368 valence electrons. The topological polar surface area (TPSA) is 423 Å². The maximum atomic E-state index is 13.1.